The van der Waals surface area contributed by atoms with Crippen molar-refractivity contribution in [2.45, 2.75) is 11.8 Å². The molecule has 2 rings (SSSR count). The SMILES string of the molecule is COc1nc(C)nc(N=C=O)n1.II.NS(=O)(=O)c1ccccc1I.[I][V][I]. The van der Waals surface area contributed by atoms with Crippen LogP contribution >= 0.6 is 99.8 Å². The van der Waals surface area contributed by atoms with Crippen LogP contribution in [0.15, 0.2) is 34.2 Å². The second-order valence-electron chi connectivity index (χ2n) is 3.91. The van der Waals surface area contributed by atoms with Crippen LogP contribution in [0.25, 0.3) is 0 Å². The third-order valence-electron chi connectivity index (χ3n) is 2.19. The topological polar surface area (TPSA) is 137 Å². The number of sulfonamides is 1. The molecule has 1 aromatic heterocycles. The molecule has 16 heteroatoms. The zero-order chi connectivity index (χ0) is 22.2. The summed E-state index contributed by atoms with van der Waals surface area (Å²) in [6.07, 6.45) is 1.33. The number of nitrogens with two attached hydrogens (primary N) is 1. The molecule has 28 heavy (non-hydrogen) atoms. The fourth-order valence-corrected chi connectivity index (χ4v) is 3.22. The first-order valence-electron chi connectivity index (χ1n) is 6.38. The Labute approximate surface area is 229 Å². The van der Waals surface area contributed by atoms with Crippen LogP contribution in [-0.4, -0.2) is 36.6 Å². The van der Waals surface area contributed by atoms with Crippen LogP contribution in [0.2, 0.25) is 0 Å². The van der Waals surface area contributed by atoms with Gasteiger partial charge in [0.1, 0.15) is 5.82 Å². The molecule has 2 N–H and O–H groups in total. The van der Waals surface area contributed by atoms with Gasteiger partial charge >= 0.3 is 55.4 Å². The van der Waals surface area contributed by atoms with Gasteiger partial charge in [0.15, 0.2) is 0 Å². The zero-order valence-corrected chi connectivity index (χ0v) is 27.1. The molecule has 1 heterocycles. The number of rotatable bonds is 3. The number of aliphatic imine (C=N–C) groups is 1. The Balaban J connectivity index is 0. The molecule has 0 spiro atoms. The van der Waals surface area contributed by atoms with Gasteiger partial charge in [-0.15, -0.1) is 4.99 Å². The first-order chi connectivity index (χ1) is 13.2. The Hall–Kier alpha value is 1.55. The minimum atomic E-state index is -3.54. The molecule has 0 bridgehead atoms. The number of nitrogens with zero attached hydrogens (tertiary/aromatic N) is 4. The predicted octanol–water partition coefficient (Wildman–Crippen LogP) is 4.63. The molecule has 2 aromatic rings. The maximum atomic E-state index is 10.8. The normalized spacial score (nSPS) is 9.00. The van der Waals surface area contributed by atoms with E-state index in [-0.39, 0.29) is 16.9 Å². The van der Waals surface area contributed by atoms with Crippen LogP contribution in [0.5, 0.6) is 6.01 Å². The van der Waals surface area contributed by atoms with Crippen molar-refractivity contribution in [3.05, 3.63) is 33.7 Å². The van der Waals surface area contributed by atoms with E-state index >= 15 is 0 Å². The van der Waals surface area contributed by atoms with Gasteiger partial charge in [-0.3, -0.25) is 0 Å². The third-order valence-corrected chi connectivity index (χ3v) is 4.46. The Morgan fingerprint density at radius 2 is 1.71 bits per heavy atom. The van der Waals surface area contributed by atoms with Gasteiger partial charge in [0.25, 0.3) is 5.95 Å². The van der Waals surface area contributed by atoms with Gasteiger partial charge in [-0.2, -0.15) is 15.0 Å². The van der Waals surface area contributed by atoms with Gasteiger partial charge in [0, 0.05) is 40.8 Å². The van der Waals surface area contributed by atoms with E-state index in [1.54, 1.807) is 25.1 Å². The van der Waals surface area contributed by atoms with Gasteiger partial charge in [-0.05, 0) is 41.6 Å². The van der Waals surface area contributed by atoms with Crippen LogP contribution in [0, 0.1) is 10.5 Å². The molecule has 0 aliphatic heterocycles. The van der Waals surface area contributed by atoms with Crippen molar-refractivity contribution in [1.29, 1.82) is 0 Å². The molecule has 0 radical (unpaired) electrons. The van der Waals surface area contributed by atoms with Gasteiger partial charge in [0.2, 0.25) is 16.1 Å². The summed E-state index contributed by atoms with van der Waals surface area (Å²) in [6.45, 7) is 1.65. The fraction of sp³-hybridized carbons (Fsp3) is 0.167. The molecule has 0 unspecified atom stereocenters. The summed E-state index contributed by atoms with van der Waals surface area (Å²) in [4.78, 5) is 24.5. The number of hydrogen-bond acceptors (Lipinski definition) is 8. The number of isocyanates is 1. The molecule has 0 saturated carbocycles. The van der Waals surface area contributed by atoms with Gasteiger partial charge in [0.05, 0.1) is 12.0 Å². The van der Waals surface area contributed by atoms with E-state index < -0.39 is 10.0 Å². The number of hydrogen-bond donors (Lipinski definition) is 1. The Bertz CT molecular complexity index is 871. The van der Waals surface area contributed by atoms with E-state index in [9.17, 15) is 13.2 Å². The van der Waals surface area contributed by atoms with Crippen LogP contribution in [-0.2, 0) is 24.3 Å². The molecule has 0 saturated heterocycles. The van der Waals surface area contributed by atoms with E-state index in [1.807, 2.05) is 22.6 Å². The van der Waals surface area contributed by atoms with E-state index in [0.717, 1.165) is 0 Å². The number of ether oxygens (including phenoxy) is 1. The average Bonchev–Trinajstić information content (AvgIpc) is 2.64. The van der Waals surface area contributed by atoms with Crippen molar-refractivity contribution in [2.24, 2.45) is 10.1 Å². The Kier molecular flexibility index (Phi) is 21.8. The Morgan fingerprint density at radius 3 is 2.11 bits per heavy atom. The number of aromatic nitrogens is 3. The molecule has 0 aliphatic rings. The second kappa shape index (κ2) is 19.3. The summed E-state index contributed by atoms with van der Waals surface area (Å²) < 4.78 is 27.0. The predicted molar refractivity (Wildman–Crippen MR) is 146 cm³/mol. The minimum absolute atomic E-state index is 0.00866. The van der Waals surface area contributed by atoms with E-state index in [0.29, 0.717) is 18.9 Å². The van der Waals surface area contributed by atoms with Crippen molar-refractivity contribution in [3.63, 3.8) is 0 Å². The van der Waals surface area contributed by atoms with E-state index in [4.69, 9.17) is 9.88 Å². The molecule has 0 fully saturated rings. The summed E-state index contributed by atoms with van der Waals surface area (Å²) in [7, 11) is -1.49. The van der Waals surface area contributed by atoms with E-state index in [1.165, 1.54) is 19.3 Å². The number of carbonyl (C=O) groups excluding carboxylic acids is 1. The second-order valence-corrected chi connectivity index (χ2v) is 18.4. The molecule has 155 valence electrons. The number of aryl methyl sites for hydroxylation is 1. The van der Waals surface area contributed by atoms with Crippen LogP contribution in [0.1, 0.15) is 5.82 Å². The van der Waals surface area contributed by atoms with Gasteiger partial charge in [-0.1, -0.05) is 12.1 Å². The molecule has 0 amide bonds. The summed E-state index contributed by atoms with van der Waals surface area (Å²) in [5.41, 5.74) is 0. The monoisotopic (exact) mass is 1010 g/mol. The number of primary sulfonamides is 1. The van der Waals surface area contributed by atoms with Crippen molar-refractivity contribution >= 4 is 122 Å². The third kappa shape index (κ3) is 15.4. The molecule has 0 atom stereocenters. The summed E-state index contributed by atoms with van der Waals surface area (Å²) in [5.74, 6) is 0.449. The van der Waals surface area contributed by atoms with Crippen molar-refractivity contribution in [2.75, 3.05) is 7.11 Å². The number of methoxy groups -OCH3 is 1. The van der Waals surface area contributed by atoms with Gasteiger partial charge in [-0.25, -0.2) is 18.4 Å². The van der Waals surface area contributed by atoms with Crippen LogP contribution < -0.4 is 9.88 Å². The summed E-state index contributed by atoms with van der Waals surface area (Å²) in [5, 5.41) is 4.93. The fourth-order valence-electron chi connectivity index (χ4n) is 1.30. The number of halogens is 5. The molecular weight excluding hydrogens is 996 g/mol. The van der Waals surface area contributed by atoms with Crippen LogP contribution in [0.3, 0.4) is 0 Å². The average molecular weight is 1010 g/mol. The molecular formula is C12H12I5N5O4SV. The van der Waals surface area contributed by atoms with Gasteiger partial charge < -0.3 is 4.74 Å². The first kappa shape index (κ1) is 31.7. The van der Waals surface area contributed by atoms with E-state index in [2.05, 4.69) is 97.1 Å². The Morgan fingerprint density at radius 1 is 1.18 bits per heavy atom. The molecule has 0 aliphatic carbocycles. The molecule has 1 aromatic carbocycles. The first-order valence-corrected chi connectivity index (χ1v) is 24.3. The van der Waals surface area contributed by atoms with Crippen molar-refractivity contribution in [3.8, 4) is 6.01 Å². The summed E-state index contributed by atoms with van der Waals surface area (Å²) >= 11 is 10.9. The molecule has 9 nitrogen and oxygen atoms in total. The maximum absolute atomic E-state index is 10.8. The van der Waals surface area contributed by atoms with Crippen LogP contribution in [0.4, 0.5) is 5.95 Å². The van der Waals surface area contributed by atoms with Crippen molar-refractivity contribution in [1.82, 2.24) is 15.0 Å². The standard InChI is InChI=1S/C6H6INO2S.C6H6N4O2.I2.2HI.V/c7-5-3-1-2-4-6(5)11(8,9)10;1-4-8-5(7-3-11)10-6(9-4)12-2;1-2;;;/h1-4H,(H2,8,9,10);1-2H3;;2*1H;/q;;;;;+2/p-2. The summed E-state index contributed by atoms with van der Waals surface area (Å²) in [6, 6.07) is 6.71. The van der Waals surface area contributed by atoms with Crippen molar-refractivity contribution < 1.29 is 27.4 Å². The zero-order valence-electron chi connectivity index (χ0n) is 14.1. The number of benzene rings is 1. The quantitative estimate of drug-likeness (QED) is 0.269.